The molecule has 3 aromatic rings. The number of benzene rings is 3. The maximum Gasteiger partial charge on any atom is 0.488 e. The lowest BCUT2D eigenvalue weighted by Gasteiger charge is -2.17. The first-order valence-corrected chi connectivity index (χ1v) is 12.5. The summed E-state index contributed by atoms with van der Waals surface area (Å²) in [5.74, 6) is 0.742. The number of hydrogen-bond donors (Lipinski definition) is 3. The molecule has 0 aliphatic heterocycles. The van der Waals surface area contributed by atoms with E-state index in [2.05, 4.69) is 36.5 Å². The van der Waals surface area contributed by atoms with Crippen LogP contribution in [0.2, 0.25) is 0 Å². The number of likely N-dealkylation sites (N-methyl/N-ethyl adjacent to an activating group) is 1. The van der Waals surface area contributed by atoms with Crippen LogP contribution >= 0.6 is 0 Å². The van der Waals surface area contributed by atoms with Crippen LogP contribution in [-0.4, -0.2) is 61.8 Å². The molecule has 0 fully saturated rings. The summed E-state index contributed by atoms with van der Waals surface area (Å²) in [6.07, 6.45) is 4.19. The number of nitrogens with one attached hydrogen (secondary N) is 1. The molecule has 0 spiro atoms. The number of carbonyl (C=O) groups excluding carboxylic acids is 1. The molecule has 0 saturated carbocycles. The fourth-order valence-electron chi connectivity index (χ4n) is 3.95. The molecule has 0 radical (unpaired) electrons. The SMILES string of the molecule is CC/C(=C(/c1ccc(OCCNC/C=C/C(=O)N(C)C)cc1)c1ccc(B(O)O)cc1)c1ccccc1. The molecule has 7 heteroatoms. The van der Waals surface area contributed by atoms with Crippen molar-refractivity contribution in [1.29, 1.82) is 0 Å². The van der Waals surface area contributed by atoms with Crippen molar-refractivity contribution in [3.8, 4) is 5.75 Å². The Morgan fingerprint density at radius 1 is 0.919 bits per heavy atom. The van der Waals surface area contributed by atoms with E-state index in [1.165, 1.54) is 10.5 Å². The molecule has 0 atom stereocenters. The lowest BCUT2D eigenvalue weighted by atomic mass is 9.79. The van der Waals surface area contributed by atoms with Crippen molar-refractivity contribution < 1.29 is 19.6 Å². The van der Waals surface area contributed by atoms with Crippen molar-refractivity contribution in [2.75, 3.05) is 33.8 Å². The molecule has 1 amide bonds. The lowest BCUT2D eigenvalue weighted by Crippen LogP contribution is -2.29. The molecule has 3 aromatic carbocycles. The van der Waals surface area contributed by atoms with E-state index in [0.717, 1.165) is 34.4 Å². The van der Waals surface area contributed by atoms with Gasteiger partial charge in [-0.3, -0.25) is 4.79 Å². The summed E-state index contributed by atoms with van der Waals surface area (Å²) in [7, 11) is 1.95. The Hall–Kier alpha value is -3.65. The maximum atomic E-state index is 11.5. The van der Waals surface area contributed by atoms with Crippen molar-refractivity contribution >= 4 is 29.6 Å². The summed E-state index contributed by atoms with van der Waals surface area (Å²) in [5.41, 5.74) is 5.97. The molecule has 0 bridgehead atoms. The van der Waals surface area contributed by atoms with Gasteiger partial charge in [0.15, 0.2) is 0 Å². The van der Waals surface area contributed by atoms with E-state index in [1.54, 1.807) is 38.4 Å². The maximum absolute atomic E-state index is 11.5. The van der Waals surface area contributed by atoms with Crippen molar-refractivity contribution in [1.82, 2.24) is 10.2 Å². The van der Waals surface area contributed by atoms with E-state index in [1.807, 2.05) is 42.5 Å². The fourth-order valence-corrected chi connectivity index (χ4v) is 3.95. The number of rotatable bonds is 12. The van der Waals surface area contributed by atoms with Gasteiger partial charge < -0.3 is 25.0 Å². The molecule has 0 aliphatic carbocycles. The molecule has 0 heterocycles. The summed E-state index contributed by atoms with van der Waals surface area (Å²) in [6.45, 7) is 3.91. The standard InChI is InChI=1S/C30H35BN2O4/c1-4-28(23-9-6-5-7-10-23)30(24-12-16-26(17-13-24)31(35)36)25-14-18-27(19-15-25)37-22-21-32-20-8-11-29(34)33(2)3/h5-19,32,35-36H,4,20-22H2,1-3H3/b11-8+,30-28-. The van der Waals surface area contributed by atoms with E-state index >= 15 is 0 Å². The topological polar surface area (TPSA) is 82.0 Å². The third-order valence-electron chi connectivity index (χ3n) is 5.93. The molecule has 0 saturated heterocycles. The first-order chi connectivity index (χ1) is 17.9. The number of carbonyl (C=O) groups is 1. The molecule has 3 N–H and O–H groups in total. The van der Waals surface area contributed by atoms with Gasteiger partial charge in [0.05, 0.1) is 0 Å². The van der Waals surface area contributed by atoms with Crippen LogP contribution in [0.15, 0.2) is 91.0 Å². The first-order valence-electron chi connectivity index (χ1n) is 12.5. The van der Waals surface area contributed by atoms with Crippen LogP contribution in [0.5, 0.6) is 5.75 Å². The first kappa shape index (κ1) is 27.9. The zero-order valence-corrected chi connectivity index (χ0v) is 21.7. The Kier molecular flexibility index (Phi) is 10.7. The van der Waals surface area contributed by atoms with Crippen molar-refractivity contribution in [2.24, 2.45) is 0 Å². The van der Waals surface area contributed by atoms with Crippen molar-refractivity contribution in [3.05, 3.63) is 108 Å². The van der Waals surface area contributed by atoms with Crippen LogP contribution in [-0.2, 0) is 4.79 Å². The van der Waals surface area contributed by atoms with E-state index in [4.69, 9.17) is 4.74 Å². The minimum Gasteiger partial charge on any atom is -0.492 e. The highest BCUT2D eigenvalue weighted by atomic mass is 16.5. The minimum absolute atomic E-state index is 0.0352. The van der Waals surface area contributed by atoms with Gasteiger partial charge in [-0.25, -0.2) is 0 Å². The van der Waals surface area contributed by atoms with Crippen LogP contribution in [0.25, 0.3) is 11.1 Å². The summed E-state index contributed by atoms with van der Waals surface area (Å²) in [5, 5.41) is 22.3. The lowest BCUT2D eigenvalue weighted by molar-refractivity contribution is -0.123. The third-order valence-corrected chi connectivity index (χ3v) is 5.93. The average molecular weight is 498 g/mol. The molecule has 37 heavy (non-hydrogen) atoms. The molecule has 192 valence electrons. The molecule has 0 unspecified atom stereocenters. The number of ether oxygens (including phenoxy) is 1. The molecular formula is C30H35BN2O4. The van der Waals surface area contributed by atoms with E-state index in [0.29, 0.717) is 25.2 Å². The van der Waals surface area contributed by atoms with Crippen LogP contribution in [0.3, 0.4) is 0 Å². The predicted molar refractivity (Wildman–Crippen MR) is 152 cm³/mol. The Bertz CT molecular complexity index is 1190. The highest BCUT2D eigenvalue weighted by Gasteiger charge is 2.15. The molecular weight excluding hydrogens is 463 g/mol. The second kappa shape index (κ2) is 14.2. The van der Waals surface area contributed by atoms with Gasteiger partial charge in [0.1, 0.15) is 12.4 Å². The normalized spacial score (nSPS) is 11.8. The van der Waals surface area contributed by atoms with Gasteiger partial charge in [0.25, 0.3) is 0 Å². The molecule has 3 rings (SSSR count). The Morgan fingerprint density at radius 3 is 2.11 bits per heavy atom. The summed E-state index contributed by atoms with van der Waals surface area (Å²) in [6, 6.07) is 25.7. The average Bonchev–Trinajstić information content (AvgIpc) is 2.92. The Labute approximate surface area is 220 Å². The third kappa shape index (κ3) is 8.18. The van der Waals surface area contributed by atoms with Gasteiger partial charge in [0, 0.05) is 33.3 Å². The number of allylic oxidation sites excluding steroid dienone is 1. The van der Waals surface area contributed by atoms with Gasteiger partial charge in [-0.1, -0.05) is 79.7 Å². The monoisotopic (exact) mass is 498 g/mol. The van der Waals surface area contributed by atoms with Gasteiger partial charge in [-0.15, -0.1) is 0 Å². The highest BCUT2D eigenvalue weighted by molar-refractivity contribution is 6.58. The number of hydrogen-bond acceptors (Lipinski definition) is 5. The van der Waals surface area contributed by atoms with Gasteiger partial charge in [0.2, 0.25) is 5.91 Å². The Balaban J connectivity index is 1.75. The second-order valence-electron chi connectivity index (χ2n) is 8.78. The summed E-state index contributed by atoms with van der Waals surface area (Å²) in [4.78, 5) is 13.1. The minimum atomic E-state index is -1.50. The molecule has 0 aromatic heterocycles. The van der Waals surface area contributed by atoms with Crippen LogP contribution in [0.4, 0.5) is 0 Å². The van der Waals surface area contributed by atoms with Gasteiger partial charge >= 0.3 is 7.12 Å². The smallest absolute Gasteiger partial charge is 0.488 e. The largest absolute Gasteiger partial charge is 0.492 e. The van der Waals surface area contributed by atoms with Crippen molar-refractivity contribution in [2.45, 2.75) is 13.3 Å². The summed E-state index contributed by atoms with van der Waals surface area (Å²) >= 11 is 0. The zero-order chi connectivity index (χ0) is 26.6. The van der Waals surface area contributed by atoms with Gasteiger partial charge in [-0.05, 0) is 51.9 Å². The second-order valence-corrected chi connectivity index (χ2v) is 8.78. The van der Waals surface area contributed by atoms with Crippen LogP contribution < -0.4 is 15.5 Å². The van der Waals surface area contributed by atoms with Crippen LogP contribution in [0, 0.1) is 0 Å². The predicted octanol–water partition coefficient (Wildman–Crippen LogP) is 3.35. The molecule has 6 nitrogen and oxygen atoms in total. The number of nitrogens with zero attached hydrogens (tertiary/aromatic N) is 1. The molecule has 0 aliphatic rings. The highest BCUT2D eigenvalue weighted by Crippen LogP contribution is 2.34. The number of amides is 1. The van der Waals surface area contributed by atoms with E-state index in [-0.39, 0.29) is 5.91 Å². The summed E-state index contributed by atoms with van der Waals surface area (Å²) < 4.78 is 5.89. The van der Waals surface area contributed by atoms with Crippen molar-refractivity contribution in [3.63, 3.8) is 0 Å². The van der Waals surface area contributed by atoms with Crippen LogP contribution in [0.1, 0.15) is 30.0 Å². The fraction of sp³-hybridized carbons (Fsp3) is 0.233. The Morgan fingerprint density at radius 2 is 1.54 bits per heavy atom. The van der Waals surface area contributed by atoms with Gasteiger partial charge in [-0.2, -0.15) is 0 Å². The van der Waals surface area contributed by atoms with E-state index in [9.17, 15) is 14.8 Å². The zero-order valence-electron chi connectivity index (χ0n) is 21.7. The quantitative estimate of drug-likeness (QED) is 0.155. The van der Waals surface area contributed by atoms with E-state index < -0.39 is 7.12 Å².